The minimum absolute atomic E-state index is 0.0656. The molecule has 10 nitrogen and oxygen atoms in total. The summed E-state index contributed by atoms with van der Waals surface area (Å²) in [5.74, 6) is -0.261. The molecule has 1 aromatic rings. The van der Waals surface area contributed by atoms with Crippen LogP contribution in [0, 0.1) is 0 Å². The number of rotatable bonds is 2. The van der Waals surface area contributed by atoms with Crippen molar-refractivity contribution in [3.8, 4) is 11.5 Å². The van der Waals surface area contributed by atoms with E-state index < -0.39 is 42.6 Å². The summed E-state index contributed by atoms with van der Waals surface area (Å²) in [6.45, 7) is 0. The van der Waals surface area contributed by atoms with E-state index in [1.807, 2.05) is 0 Å². The second-order valence-electron chi connectivity index (χ2n) is 4.91. The Morgan fingerprint density at radius 2 is 1.75 bits per heavy atom. The van der Waals surface area contributed by atoms with E-state index in [0.29, 0.717) is 0 Å². The van der Waals surface area contributed by atoms with Crippen molar-refractivity contribution >= 4 is 42.6 Å². The average Bonchev–Trinajstić information content (AvgIpc) is 2.43. The predicted octanol–water partition coefficient (Wildman–Crippen LogP) is -0.519. The topological polar surface area (TPSA) is 184 Å². The van der Waals surface area contributed by atoms with E-state index in [2.05, 4.69) is 4.98 Å². The summed E-state index contributed by atoms with van der Waals surface area (Å²) < 4.78 is 28.6. The molecule has 2 aliphatic rings. The maximum atomic E-state index is 11.8. The van der Waals surface area contributed by atoms with Crippen molar-refractivity contribution < 1.29 is 33.1 Å². The summed E-state index contributed by atoms with van der Waals surface area (Å²) in [5, 5.41) is -1.32. The highest BCUT2D eigenvalue weighted by Crippen LogP contribution is 2.41. The van der Waals surface area contributed by atoms with Crippen LogP contribution < -0.4 is 21.8 Å². The van der Waals surface area contributed by atoms with E-state index in [-0.39, 0.29) is 16.9 Å². The van der Waals surface area contributed by atoms with Gasteiger partial charge in [0, 0.05) is 6.07 Å². The third-order valence-electron chi connectivity index (χ3n) is 3.27. The number of hydrogen-bond acceptors (Lipinski definition) is 6. The van der Waals surface area contributed by atoms with Gasteiger partial charge in [-0.05, 0) is 12.1 Å². The summed E-state index contributed by atoms with van der Waals surface area (Å²) in [4.78, 5) is 53.4. The molecule has 0 spiro atoms. The van der Waals surface area contributed by atoms with E-state index in [0.717, 1.165) is 12.1 Å². The Bertz CT molecular complexity index is 1100. The Morgan fingerprint density at radius 3 is 2.33 bits per heavy atom. The van der Waals surface area contributed by atoms with Gasteiger partial charge in [0.25, 0.3) is 0 Å². The molecule has 0 atom stereocenters. The fourth-order valence-corrected chi connectivity index (χ4v) is 3.85. The van der Waals surface area contributed by atoms with Crippen LogP contribution >= 0.6 is 15.2 Å². The number of benzene rings is 2. The van der Waals surface area contributed by atoms with E-state index in [1.54, 1.807) is 0 Å². The first-order valence-electron chi connectivity index (χ1n) is 6.28. The van der Waals surface area contributed by atoms with Crippen LogP contribution in [0.3, 0.4) is 0 Å². The third-order valence-corrected chi connectivity index (χ3v) is 5.29. The molecule has 0 unspecified atom stereocenters. The van der Waals surface area contributed by atoms with Crippen LogP contribution in [-0.2, 0) is 9.13 Å². The zero-order chi connectivity index (χ0) is 17.9. The molecule has 0 aromatic heterocycles. The lowest BCUT2D eigenvalue weighted by atomic mass is 10.2. The lowest BCUT2D eigenvalue weighted by Gasteiger charge is -2.15. The van der Waals surface area contributed by atoms with Gasteiger partial charge in [0.1, 0.15) is 16.5 Å². The van der Waals surface area contributed by atoms with E-state index in [4.69, 9.17) is 10.2 Å². The highest BCUT2D eigenvalue weighted by Gasteiger charge is 2.32. The van der Waals surface area contributed by atoms with E-state index in [1.165, 1.54) is 12.1 Å². The summed E-state index contributed by atoms with van der Waals surface area (Å²) in [7, 11) is -9.73. The number of nitrogen functional groups attached to an aromatic ring is 1. The molecule has 0 amide bonds. The van der Waals surface area contributed by atoms with Crippen LogP contribution in [-0.4, -0.2) is 24.6 Å². The lowest BCUT2D eigenvalue weighted by Crippen LogP contribution is -2.24. The molecule has 1 aromatic carbocycles. The predicted molar refractivity (Wildman–Crippen MR) is 84.7 cm³/mol. The summed E-state index contributed by atoms with van der Waals surface area (Å²) in [6.07, 6.45) is 0. The lowest BCUT2D eigenvalue weighted by molar-refractivity contribution is 0.385. The SMILES string of the molecule is Nc1c(P(=O)(O)O)c2nc3c(P(=O)(O)O)cccc3oc-2cc1=O. The Labute approximate surface area is 133 Å². The Balaban J connectivity index is 2.58. The van der Waals surface area contributed by atoms with Gasteiger partial charge in [-0.15, -0.1) is 0 Å². The van der Waals surface area contributed by atoms with Crippen LogP contribution in [0.15, 0.2) is 33.5 Å². The second-order valence-corrected chi connectivity index (χ2v) is 8.01. The van der Waals surface area contributed by atoms with Gasteiger partial charge in [0.05, 0.1) is 11.0 Å². The summed E-state index contributed by atoms with van der Waals surface area (Å²) in [6, 6.07) is 4.67. The normalized spacial score (nSPS) is 12.8. The maximum absolute atomic E-state index is 11.8. The molecule has 1 aliphatic carbocycles. The Kier molecular flexibility index (Phi) is 3.65. The van der Waals surface area contributed by atoms with Gasteiger partial charge in [-0.1, -0.05) is 6.07 Å². The minimum Gasteiger partial charge on any atom is -0.453 e. The molecule has 24 heavy (non-hydrogen) atoms. The number of para-hydroxylation sites is 1. The summed E-state index contributed by atoms with van der Waals surface area (Å²) >= 11 is 0. The smallest absolute Gasteiger partial charge is 0.360 e. The molecule has 0 saturated heterocycles. The first-order valence-corrected chi connectivity index (χ1v) is 9.51. The number of fused-ring (bicyclic) bond motifs is 2. The molecule has 0 saturated carbocycles. The first kappa shape index (κ1) is 16.8. The van der Waals surface area contributed by atoms with Crippen LogP contribution in [0.1, 0.15) is 0 Å². The number of anilines is 1. The molecule has 1 heterocycles. The van der Waals surface area contributed by atoms with Gasteiger partial charge in [-0.25, -0.2) is 4.98 Å². The molecule has 3 rings (SSSR count). The fraction of sp³-hybridized carbons (Fsp3) is 0. The summed E-state index contributed by atoms with van der Waals surface area (Å²) in [5.41, 5.74) is 3.11. The number of nitrogens with zero attached hydrogens (tertiary/aromatic N) is 1. The van der Waals surface area contributed by atoms with Crippen LogP contribution in [0.25, 0.3) is 22.6 Å². The second kappa shape index (κ2) is 5.22. The van der Waals surface area contributed by atoms with E-state index in [9.17, 15) is 33.5 Å². The quantitative estimate of drug-likeness (QED) is 0.223. The van der Waals surface area contributed by atoms with E-state index >= 15 is 0 Å². The Hall–Kier alpha value is -2.06. The average molecular weight is 372 g/mol. The van der Waals surface area contributed by atoms with Crippen molar-refractivity contribution in [2.24, 2.45) is 0 Å². The molecule has 0 radical (unpaired) electrons. The molecular formula is C12H10N2O8P2. The van der Waals surface area contributed by atoms with Gasteiger partial charge in [-0.2, -0.15) is 0 Å². The maximum Gasteiger partial charge on any atom is 0.360 e. The molecule has 1 aliphatic heterocycles. The zero-order valence-electron chi connectivity index (χ0n) is 11.7. The number of nitrogens with two attached hydrogens (primary N) is 1. The minimum atomic E-state index is -5.00. The molecule has 6 N–H and O–H groups in total. The standard InChI is InChI=1S/C12H10N2O8P2/c13-9-5(15)4-7-11(12(9)24(19,20)21)14-10-6(22-7)2-1-3-8(10)23(16,17)18/h1-4H,13H2,(H2,16,17,18)(H2,19,20,21). The molecule has 0 bridgehead atoms. The number of aromatic nitrogens is 1. The van der Waals surface area contributed by atoms with Crippen molar-refractivity contribution in [1.82, 2.24) is 4.98 Å². The van der Waals surface area contributed by atoms with Gasteiger partial charge in [0.2, 0.25) is 5.43 Å². The van der Waals surface area contributed by atoms with Crippen molar-refractivity contribution in [3.63, 3.8) is 0 Å². The molecule has 12 heteroatoms. The van der Waals surface area contributed by atoms with Crippen molar-refractivity contribution in [1.29, 1.82) is 0 Å². The largest absolute Gasteiger partial charge is 0.453 e. The van der Waals surface area contributed by atoms with Crippen molar-refractivity contribution in [2.45, 2.75) is 0 Å². The molecule has 0 fully saturated rings. The van der Waals surface area contributed by atoms with Crippen LogP contribution in [0.2, 0.25) is 0 Å². The van der Waals surface area contributed by atoms with Gasteiger partial charge in [0.15, 0.2) is 11.3 Å². The molecular weight excluding hydrogens is 362 g/mol. The number of hydrogen-bond donors (Lipinski definition) is 5. The monoisotopic (exact) mass is 372 g/mol. The van der Waals surface area contributed by atoms with Crippen molar-refractivity contribution in [3.05, 3.63) is 34.5 Å². The Morgan fingerprint density at radius 1 is 1.08 bits per heavy atom. The molecule has 126 valence electrons. The highest BCUT2D eigenvalue weighted by atomic mass is 31.2. The van der Waals surface area contributed by atoms with Gasteiger partial charge < -0.3 is 29.7 Å². The van der Waals surface area contributed by atoms with Crippen LogP contribution in [0.4, 0.5) is 5.69 Å². The zero-order valence-corrected chi connectivity index (χ0v) is 13.4. The first-order chi connectivity index (χ1) is 11.0. The third kappa shape index (κ3) is 2.65. The fourth-order valence-electron chi connectivity index (χ4n) is 2.28. The van der Waals surface area contributed by atoms with Crippen molar-refractivity contribution in [2.75, 3.05) is 5.73 Å². The van der Waals surface area contributed by atoms with Crippen LogP contribution in [0.5, 0.6) is 0 Å². The van der Waals surface area contributed by atoms with Gasteiger partial charge >= 0.3 is 15.2 Å². The highest BCUT2D eigenvalue weighted by molar-refractivity contribution is 7.61. The van der Waals surface area contributed by atoms with Gasteiger partial charge in [-0.3, -0.25) is 13.9 Å².